The lowest BCUT2D eigenvalue weighted by Gasteiger charge is -2.07. The summed E-state index contributed by atoms with van der Waals surface area (Å²) in [5.74, 6) is 2.99. The van der Waals surface area contributed by atoms with Gasteiger partial charge in [-0.1, -0.05) is 0 Å². The molecular formula is C12H10O3. The van der Waals surface area contributed by atoms with Gasteiger partial charge in [0.05, 0.1) is 13.2 Å². The van der Waals surface area contributed by atoms with Crippen LogP contribution in [0.25, 0.3) is 0 Å². The molecule has 1 aliphatic heterocycles. The maximum atomic E-state index is 11.3. The summed E-state index contributed by atoms with van der Waals surface area (Å²) in [6.45, 7) is 1.23. The Morgan fingerprint density at radius 1 is 1.27 bits per heavy atom. The summed E-state index contributed by atoms with van der Waals surface area (Å²) >= 11 is 0. The van der Waals surface area contributed by atoms with Gasteiger partial charge in [-0.05, 0) is 24.1 Å². The SMILES string of the molecule is C#CC(=O)c1ccc2c(c1)OCCCO2. The van der Waals surface area contributed by atoms with Gasteiger partial charge in [0.25, 0.3) is 0 Å². The molecule has 1 aromatic carbocycles. The summed E-state index contributed by atoms with van der Waals surface area (Å²) in [7, 11) is 0. The molecule has 0 atom stereocenters. The standard InChI is InChI=1S/C12H10O3/c1-2-10(13)9-4-5-11-12(8-9)15-7-3-6-14-11/h1,4-5,8H,3,6-7H2. The number of Topliss-reactive ketones (excluding diaryl/α,β-unsaturated/α-hetero) is 1. The number of carbonyl (C=O) groups is 1. The number of rotatable bonds is 1. The Bertz CT molecular complexity index is 429. The second-order valence-electron chi connectivity index (χ2n) is 3.19. The minimum atomic E-state index is -0.342. The summed E-state index contributed by atoms with van der Waals surface area (Å²) in [5.41, 5.74) is 0.460. The molecule has 3 heteroatoms. The van der Waals surface area contributed by atoms with Gasteiger partial charge in [-0.25, -0.2) is 0 Å². The molecule has 0 unspecified atom stereocenters. The molecule has 0 fully saturated rings. The van der Waals surface area contributed by atoms with E-state index in [1.54, 1.807) is 18.2 Å². The molecule has 3 nitrogen and oxygen atoms in total. The number of hydrogen-bond acceptors (Lipinski definition) is 3. The normalized spacial score (nSPS) is 13.8. The Hall–Kier alpha value is -1.95. The molecule has 0 saturated carbocycles. The Labute approximate surface area is 88.0 Å². The second kappa shape index (κ2) is 4.05. The zero-order valence-electron chi connectivity index (χ0n) is 8.16. The van der Waals surface area contributed by atoms with Crippen LogP contribution in [0.4, 0.5) is 0 Å². The van der Waals surface area contributed by atoms with Gasteiger partial charge in [0.2, 0.25) is 5.78 Å². The van der Waals surface area contributed by atoms with Crippen molar-refractivity contribution in [1.82, 2.24) is 0 Å². The third-order valence-electron chi connectivity index (χ3n) is 2.14. The van der Waals surface area contributed by atoms with Gasteiger partial charge >= 0.3 is 0 Å². The smallest absolute Gasteiger partial charge is 0.235 e. The zero-order chi connectivity index (χ0) is 10.7. The summed E-state index contributed by atoms with van der Waals surface area (Å²) in [5, 5.41) is 0. The third-order valence-corrected chi connectivity index (χ3v) is 2.14. The Morgan fingerprint density at radius 3 is 2.73 bits per heavy atom. The van der Waals surface area contributed by atoms with Crippen LogP contribution in [0.2, 0.25) is 0 Å². The van der Waals surface area contributed by atoms with E-state index in [2.05, 4.69) is 5.92 Å². The van der Waals surface area contributed by atoms with E-state index in [0.29, 0.717) is 30.3 Å². The molecule has 1 heterocycles. The summed E-state index contributed by atoms with van der Waals surface area (Å²) in [6.07, 6.45) is 5.88. The lowest BCUT2D eigenvalue weighted by molar-refractivity contribution is 0.105. The number of ether oxygens (including phenoxy) is 2. The van der Waals surface area contributed by atoms with E-state index < -0.39 is 0 Å². The van der Waals surface area contributed by atoms with Crippen LogP contribution in [0.1, 0.15) is 16.8 Å². The van der Waals surface area contributed by atoms with Crippen LogP contribution in [0.15, 0.2) is 18.2 Å². The lowest BCUT2D eigenvalue weighted by Crippen LogP contribution is -1.98. The fraction of sp³-hybridized carbons (Fsp3) is 0.250. The van der Waals surface area contributed by atoms with Crippen LogP contribution in [-0.4, -0.2) is 19.0 Å². The highest BCUT2D eigenvalue weighted by Gasteiger charge is 2.12. The van der Waals surface area contributed by atoms with E-state index in [-0.39, 0.29) is 5.78 Å². The molecule has 0 spiro atoms. The molecule has 0 amide bonds. The predicted molar refractivity (Wildman–Crippen MR) is 55.2 cm³/mol. The van der Waals surface area contributed by atoms with Gasteiger partial charge in [-0.2, -0.15) is 0 Å². The maximum Gasteiger partial charge on any atom is 0.235 e. The van der Waals surface area contributed by atoms with E-state index in [9.17, 15) is 4.79 Å². The molecule has 1 aliphatic rings. The van der Waals surface area contributed by atoms with Crippen molar-refractivity contribution in [3.05, 3.63) is 23.8 Å². The van der Waals surface area contributed by atoms with Crippen LogP contribution >= 0.6 is 0 Å². The number of fused-ring (bicyclic) bond motifs is 1. The maximum absolute atomic E-state index is 11.3. The fourth-order valence-corrected chi connectivity index (χ4v) is 1.39. The van der Waals surface area contributed by atoms with Gasteiger partial charge in [-0.15, -0.1) is 6.42 Å². The number of benzene rings is 1. The van der Waals surface area contributed by atoms with Crippen molar-refractivity contribution in [3.8, 4) is 23.8 Å². The van der Waals surface area contributed by atoms with Gasteiger partial charge < -0.3 is 9.47 Å². The molecule has 0 saturated heterocycles. The van der Waals surface area contributed by atoms with E-state index >= 15 is 0 Å². The highest BCUT2D eigenvalue weighted by atomic mass is 16.5. The van der Waals surface area contributed by atoms with Crippen molar-refractivity contribution in [2.45, 2.75) is 6.42 Å². The number of terminal acetylenes is 1. The molecule has 76 valence electrons. The molecule has 0 N–H and O–H groups in total. The number of carbonyl (C=O) groups excluding carboxylic acids is 1. The quantitative estimate of drug-likeness (QED) is 0.394. The number of hydrogen-bond donors (Lipinski definition) is 0. The molecule has 0 bridgehead atoms. The van der Waals surface area contributed by atoms with Gasteiger partial charge in [0.1, 0.15) is 0 Å². The van der Waals surface area contributed by atoms with Gasteiger partial charge in [-0.3, -0.25) is 4.79 Å². The Kier molecular flexibility index (Phi) is 2.59. The van der Waals surface area contributed by atoms with Crippen LogP contribution < -0.4 is 9.47 Å². The molecule has 0 aliphatic carbocycles. The highest BCUT2D eigenvalue weighted by Crippen LogP contribution is 2.30. The van der Waals surface area contributed by atoms with Crippen molar-refractivity contribution in [2.24, 2.45) is 0 Å². The van der Waals surface area contributed by atoms with Crippen LogP contribution in [-0.2, 0) is 0 Å². The first-order valence-electron chi connectivity index (χ1n) is 4.72. The topological polar surface area (TPSA) is 35.5 Å². The highest BCUT2D eigenvalue weighted by molar-refractivity contribution is 6.08. The first kappa shape index (κ1) is 9.60. The van der Waals surface area contributed by atoms with E-state index in [0.717, 1.165) is 6.42 Å². The first-order valence-corrected chi connectivity index (χ1v) is 4.72. The third kappa shape index (κ3) is 1.94. The average Bonchev–Trinajstić information content (AvgIpc) is 2.51. The molecule has 0 aromatic heterocycles. The summed E-state index contributed by atoms with van der Waals surface area (Å²) < 4.78 is 10.9. The monoisotopic (exact) mass is 202 g/mol. The second-order valence-corrected chi connectivity index (χ2v) is 3.19. The summed E-state index contributed by atoms with van der Waals surface area (Å²) in [4.78, 5) is 11.3. The van der Waals surface area contributed by atoms with Crippen LogP contribution in [0.3, 0.4) is 0 Å². The van der Waals surface area contributed by atoms with Gasteiger partial charge in [0.15, 0.2) is 11.5 Å². The molecule has 15 heavy (non-hydrogen) atoms. The molecular weight excluding hydrogens is 192 g/mol. The van der Waals surface area contributed by atoms with E-state index in [4.69, 9.17) is 15.9 Å². The summed E-state index contributed by atoms with van der Waals surface area (Å²) in [6, 6.07) is 4.99. The first-order chi connectivity index (χ1) is 7.31. The Balaban J connectivity index is 2.37. The van der Waals surface area contributed by atoms with Crippen molar-refractivity contribution in [3.63, 3.8) is 0 Å². The van der Waals surface area contributed by atoms with Gasteiger partial charge in [0, 0.05) is 12.0 Å². The lowest BCUT2D eigenvalue weighted by atomic mass is 10.1. The average molecular weight is 202 g/mol. The minimum Gasteiger partial charge on any atom is -0.490 e. The van der Waals surface area contributed by atoms with Crippen molar-refractivity contribution < 1.29 is 14.3 Å². The number of ketones is 1. The van der Waals surface area contributed by atoms with Crippen molar-refractivity contribution in [1.29, 1.82) is 0 Å². The van der Waals surface area contributed by atoms with Crippen molar-refractivity contribution >= 4 is 5.78 Å². The van der Waals surface area contributed by atoms with Crippen LogP contribution in [0, 0.1) is 12.3 Å². The Morgan fingerprint density at radius 2 is 2.00 bits per heavy atom. The van der Waals surface area contributed by atoms with Crippen molar-refractivity contribution in [2.75, 3.05) is 13.2 Å². The van der Waals surface area contributed by atoms with E-state index in [1.165, 1.54) is 0 Å². The predicted octanol–water partition coefficient (Wildman–Crippen LogP) is 1.66. The molecule has 0 radical (unpaired) electrons. The largest absolute Gasteiger partial charge is 0.490 e. The van der Waals surface area contributed by atoms with E-state index in [1.807, 2.05) is 0 Å². The zero-order valence-corrected chi connectivity index (χ0v) is 8.16. The minimum absolute atomic E-state index is 0.342. The van der Waals surface area contributed by atoms with Crippen LogP contribution in [0.5, 0.6) is 11.5 Å². The fourth-order valence-electron chi connectivity index (χ4n) is 1.39. The molecule has 2 rings (SSSR count). The molecule has 1 aromatic rings.